The van der Waals surface area contributed by atoms with E-state index in [9.17, 15) is 4.79 Å². The summed E-state index contributed by atoms with van der Waals surface area (Å²) in [4.78, 5) is 15.6. The Morgan fingerprint density at radius 2 is 2.33 bits per heavy atom. The number of nitrogens with zero attached hydrogens (tertiary/aromatic N) is 1. The van der Waals surface area contributed by atoms with E-state index in [0.29, 0.717) is 0 Å². The minimum absolute atomic E-state index is 0.0515. The molecule has 2 rings (SSSR count). The molecule has 1 saturated heterocycles. The molecule has 2 heterocycles. The first kappa shape index (κ1) is 16.3. The zero-order valence-electron chi connectivity index (χ0n) is 13.2. The summed E-state index contributed by atoms with van der Waals surface area (Å²) < 4.78 is 5.59. The number of likely N-dealkylation sites (tertiary alicyclic amines) is 1. The normalized spacial score (nSPS) is 24.4. The molecule has 0 aliphatic carbocycles. The Morgan fingerprint density at radius 3 is 2.95 bits per heavy atom. The smallest absolute Gasteiger partial charge is 0.317 e. The second-order valence-corrected chi connectivity index (χ2v) is 6.90. The van der Waals surface area contributed by atoms with Crippen molar-refractivity contribution in [3.8, 4) is 0 Å². The number of hydrogen-bond acceptors (Lipinski definition) is 3. The van der Waals surface area contributed by atoms with E-state index in [1.165, 1.54) is 4.88 Å². The van der Waals surface area contributed by atoms with Gasteiger partial charge in [-0.05, 0) is 44.1 Å². The molecule has 0 radical (unpaired) electrons. The highest BCUT2D eigenvalue weighted by atomic mass is 32.1. The van der Waals surface area contributed by atoms with Crippen LogP contribution in [0.4, 0.5) is 4.79 Å². The maximum Gasteiger partial charge on any atom is 0.317 e. The van der Waals surface area contributed by atoms with E-state index < -0.39 is 0 Å². The zero-order valence-corrected chi connectivity index (χ0v) is 14.0. The molecule has 118 valence electrons. The first-order valence-corrected chi connectivity index (χ1v) is 8.60. The monoisotopic (exact) mass is 310 g/mol. The number of nitrogens with one attached hydrogen (secondary N) is 1. The van der Waals surface area contributed by atoms with Crippen LogP contribution in [0, 0.1) is 0 Å². The van der Waals surface area contributed by atoms with Crippen molar-refractivity contribution in [3.63, 3.8) is 0 Å². The van der Waals surface area contributed by atoms with E-state index in [0.717, 1.165) is 38.8 Å². The molecule has 21 heavy (non-hydrogen) atoms. The van der Waals surface area contributed by atoms with Crippen LogP contribution in [0.15, 0.2) is 17.5 Å². The molecule has 1 aliphatic rings. The molecule has 0 aromatic carbocycles. The first-order chi connectivity index (χ1) is 10.1. The van der Waals surface area contributed by atoms with Crippen molar-refractivity contribution in [3.05, 3.63) is 22.4 Å². The van der Waals surface area contributed by atoms with Crippen LogP contribution >= 0.6 is 11.3 Å². The third kappa shape index (κ3) is 4.20. The fourth-order valence-electron chi connectivity index (χ4n) is 2.76. The lowest BCUT2D eigenvalue weighted by molar-refractivity contribution is -0.00501. The number of hydrogen-bond donors (Lipinski definition) is 1. The van der Waals surface area contributed by atoms with Crippen LogP contribution in [-0.2, 0) is 4.74 Å². The topological polar surface area (TPSA) is 41.6 Å². The van der Waals surface area contributed by atoms with Crippen molar-refractivity contribution in [1.29, 1.82) is 0 Å². The highest BCUT2D eigenvalue weighted by molar-refractivity contribution is 7.10. The van der Waals surface area contributed by atoms with Gasteiger partial charge in [0.25, 0.3) is 0 Å². The maximum absolute atomic E-state index is 12.5. The Labute approximate surface area is 131 Å². The zero-order chi connectivity index (χ0) is 15.3. The molecule has 0 bridgehead atoms. The Morgan fingerprint density at radius 1 is 1.52 bits per heavy atom. The van der Waals surface area contributed by atoms with Gasteiger partial charge in [-0.2, -0.15) is 0 Å². The SMILES string of the molecule is CC[C@H](NC(=O)N1CCC[C@](C)(OC)CC1)c1cccs1. The Hall–Kier alpha value is -1.07. The van der Waals surface area contributed by atoms with E-state index in [-0.39, 0.29) is 17.7 Å². The van der Waals surface area contributed by atoms with Crippen LogP contribution in [-0.4, -0.2) is 36.7 Å². The number of amides is 2. The summed E-state index contributed by atoms with van der Waals surface area (Å²) in [6.07, 6.45) is 3.81. The average molecular weight is 310 g/mol. The second-order valence-electron chi connectivity index (χ2n) is 5.92. The molecule has 2 amide bonds. The maximum atomic E-state index is 12.5. The number of carbonyl (C=O) groups is 1. The quantitative estimate of drug-likeness (QED) is 0.919. The molecule has 0 saturated carbocycles. The molecule has 2 atom stereocenters. The van der Waals surface area contributed by atoms with Crippen LogP contribution in [0.2, 0.25) is 0 Å². The summed E-state index contributed by atoms with van der Waals surface area (Å²) in [5.41, 5.74) is -0.0903. The summed E-state index contributed by atoms with van der Waals surface area (Å²) in [7, 11) is 1.76. The largest absolute Gasteiger partial charge is 0.378 e. The number of methoxy groups -OCH3 is 1. The van der Waals surface area contributed by atoms with Crippen molar-refractivity contribution in [2.45, 2.75) is 51.2 Å². The van der Waals surface area contributed by atoms with E-state index in [2.05, 4.69) is 30.6 Å². The van der Waals surface area contributed by atoms with Gasteiger partial charge in [0.05, 0.1) is 11.6 Å². The van der Waals surface area contributed by atoms with Gasteiger partial charge < -0.3 is 15.0 Å². The lowest BCUT2D eigenvalue weighted by Gasteiger charge is -2.27. The van der Waals surface area contributed by atoms with E-state index >= 15 is 0 Å². The van der Waals surface area contributed by atoms with E-state index in [4.69, 9.17) is 4.74 Å². The molecule has 0 spiro atoms. The minimum Gasteiger partial charge on any atom is -0.378 e. The molecule has 1 aliphatic heterocycles. The summed E-state index contributed by atoms with van der Waals surface area (Å²) >= 11 is 1.70. The molecule has 1 aromatic rings. The predicted molar refractivity (Wildman–Crippen MR) is 86.7 cm³/mol. The van der Waals surface area contributed by atoms with E-state index in [1.54, 1.807) is 18.4 Å². The van der Waals surface area contributed by atoms with Gasteiger partial charge in [0.1, 0.15) is 0 Å². The third-order valence-corrected chi connectivity index (χ3v) is 5.40. The van der Waals surface area contributed by atoms with Gasteiger partial charge in [-0.15, -0.1) is 11.3 Å². The third-order valence-electron chi connectivity index (χ3n) is 4.42. The number of carbonyl (C=O) groups excluding carboxylic acids is 1. The molecule has 1 N–H and O–H groups in total. The van der Waals surface area contributed by atoms with Gasteiger partial charge in [-0.25, -0.2) is 4.79 Å². The highest BCUT2D eigenvalue weighted by Crippen LogP contribution is 2.26. The lowest BCUT2D eigenvalue weighted by atomic mass is 9.97. The summed E-state index contributed by atoms with van der Waals surface area (Å²) in [6.45, 7) is 5.81. The van der Waals surface area contributed by atoms with Gasteiger partial charge in [0.2, 0.25) is 0 Å². The van der Waals surface area contributed by atoms with Gasteiger partial charge in [0.15, 0.2) is 0 Å². The number of thiophene rings is 1. The van der Waals surface area contributed by atoms with Gasteiger partial charge in [0, 0.05) is 25.1 Å². The summed E-state index contributed by atoms with van der Waals surface area (Å²) in [6, 6.07) is 4.29. The molecule has 0 unspecified atom stereocenters. The van der Waals surface area contributed by atoms with E-state index in [1.807, 2.05) is 11.0 Å². The van der Waals surface area contributed by atoms with Crippen molar-refractivity contribution in [1.82, 2.24) is 10.2 Å². The number of rotatable bonds is 4. The Bertz CT molecular complexity index is 449. The first-order valence-electron chi connectivity index (χ1n) is 7.72. The number of ether oxygens (including phenoxy) is 1. The minimum atomic E-state index is -0.0903. The fourth-order valence-corrected chi connectivity index (χ4v) is 3.62. The van der Waals surface area contributed by atoms with Crippen molar-refractivity contribution >= 4 is 17.4 Å². The Kier molecular flexibility index (Phi) is 5.65. The fraction of sp³-hybridized carbons (Fsp3) is 0.688. The summed E-state index contributed by atoms with van der Waals surface area (Å²) in [5, 5.41) is 5.22. The van der Waals surface area contributed by atoms with Crippen LogP contribution in [0.25, 0.3) is 0 Å². The molecule has 4 nitrogen and oxygen atoms in total. The Balaban J connectivity index is 1.94. The molecular weight excluding hydrogens is 284 g/mol. The standard InChI is InChI=1S/C16H26N2O2S/c1-4-13(14-7-5-12-21-14)17-15(19)18-10-6-8-16(2,20-3)9-11-18/h5,7,12-13H,4,6,8-11H2,1-3H3,(H,17,19)/t13-,16-/m0/s1. The molecular formula is C16H26N2O2S. The van der Waals surface area contributed by atoms with Gasteiger partial charge in [-0.3, -0.25) is 0 Å². The van der Waals surface area contributed by atoms with Crippen LogP contribution in [0.5, 0.6) is 0 Å². The molecule has 1 aromatic heterocycles. The van der Waals surface area contributed by atoms with Crippen molar-refractivity contribution < 1.29 is 9.53 Å². The molecule has 5 heteroatoms. The van der Waals surface area contributed by atoms with Gasteiger partial charge in [-0.1, -0.05) is 13.0 Å². The van der Waals surface area contributed by atoms with Crippen molar-refractivity contribution in [2.75, 3.05) is 20.2 Å². The van der Waals surface area contributed by atoms with Crippen molar-refractivity contribution in [2.24, 2.45) is 0 Å². The second kappa shape index (κ2) is 7.27. The average Bonchev–Trinajstić information content (AvgIpc) is 2.94. The number of urea groups is 1. The van der Waals surface area contributed by atoms with Crippen LogP contribution in [0.1, 0.15) is 50.4 Å². The predicted octanol–water partition coefficient (Wildman–Crippen LogP) is 3.80. The summed E-state index contributed by atoms with van der Waals surface area (Å²) in [5.74, 6) is 0. The van der Waals surface area contributed by atoms with Gasteiger partial charge >= 0.3 is 6.03 Å². The highest BCUT2D eigenvalue weighted by Gasteiger charge is 2.29. The molecule has 1 fully saturated rings. The van der Waals surface area contributed by atoms with Crippen LogP contribution < -0.4 is 5.32 Å². The van der Waals surface area contributed by atoms with Crippen LogP contribution in [0.3, 0.4) is 0 Å². The lowest BCUT2D eigenvalue weighted by Crippen LogP contribution is -2.42.